The van der Waals surface area contributed by atoms with E-state index >= 15 is 0 Å². The molecule has 0 aliphatic carbocycles. The first-order valence-corrected chi connectivity index (χ1v) is 3.78. The molecule has 4 nitrogen and oxygen atoms in total. The average Bonchev–Trinajstić information content (AvgIpc) is 2.01. The highest BCUT2D eigenvalue weighted by Gasteiger charge is 2.02. The first-order chi connectivity index (χ1) is 6.61. The van der Waals surface area contributed by atoms with E-state index in [4.69, 9.17) is 10.4 Å². The van der Waals surface area contributed by atoms with Crippen LogP contribution in [0.3, 0.4) is 0 Å². The minimum Gasteiger partial charge on any atom is -0.465 e. The highest BCUT2D eigenvalue weighted by Crippen LogP contribution is 2.14. The van der Waals surface area contributed by atoms with Crippen molar-refractivity contribution < 1.29 is 14.3 Å². The van der Waals surface area contributed by atoms with Crippen molar-refractivity contribution in [2.45, 2.75) is 6.42 Å². The number of nitriles is 1. The average molecular weight is 194 g/mol. The summed E-state index contributed by atoms with van der Waals surface area (Å²) in [5.41, 5.74) is 0.569. The standard InChI is InChI=1S/C9H7FN2O2/c10-7-3-6(1-2-11)4-8(5-7)12-9(13)14/h3-5,12H,1H2,(H,13,14). The number of nitrogens with one attached hydrogen (secondary N) is 1. The quantitative estimate of drug-likeness (QED) is 0.755. The van der Waals surface area contributed by atoms with Gasteiger partial charge in [-0.05, 0) is 23.8 Å². The van der Waals surface area contributed by atoms with E-state index < -0.39 is 11.9 Å². The maximum absolute atomic E-state index is 12.9. The summed E-state index contributed by atoms with van der Waals surface area (Å²) >= 11 is 0. The molecule has 0 unspecified atom stereocenters. The van der Waals surface area contributed by atoms with Crippen LogP contribution in [-0.4, -0.2) is 11.2 Å². The monoisotopic (exact) mass is 194 g/mol. The lowest BCUT2D eigenvalue weighted by Gasteiger charge is -2.02. The van der Waals surface area contributed by atoms with Crippen LogP contribution in [0.4, 0.5) is 14.9 Å². The Morgan fingerprint density at radius 2 is 2.29 bits per heavy atom. The molecule has 0 spiro atoms. The molecule has 1 rings (SSSR count). The highest BCUT2D eigenvalue weighted by atomic mass is 19.1. The Labute approximate surface area is 79.6 Å². The second-order valence-electron chi connectivity index (χ2n) is 2.61. The van der Waals surface area contributed by atoms with Gasteiger partial charge in [0.15, 0.2) is 0 Å². The Morgan fingerprint density at radius 1 is 1.57 bits per heavy atom. The summed E-state index contributed by atoms with van der Waals surface area (Å²) in [6, 6.07) is 5.51. The van der Waals surface area contributed by atoms with Gasteiger partial charge in [0.25, 0.3) is 0 Å². The molecule has 0 saturated carbocycles. The van der Waals surface area contributed by atoms with Crippen molar-refractivity contribution in [3.8, 4) is 6.07 Å². The number of rotatable bonds is 2. The third-order valence-corrected chi connectivity index (χ3v) is 1.49. The van der Waals surface area contributed by atoms with Crippen molar-refractivity contribution in [1.29, 1.82) is 5.26 Å². The van der Waals surface area contributed by atoms with Gasteiger partial charge in [0.2, 0.25) is 0 Å². The zero-order chi connectivity index (χ0) is 10.6. The fourth-order valence-corrected chi connectivity index (χ4v) is 1.04. The van der Waals surface area contributed by atoms with Crippen LogP contribution in [0.2, 0.25) is 0 Å². The fraction of sp³-hybridized carbons (Fsp3) is 0.111. The van der Waals surface area contributed by atoms with Crippen molar-refractivity contribution in [2.75, 3.05) is 5.32 Å². The molecular weight excluding hydrogens is 187 g/mol. The van der Waals surface area contributed by atoms with Gasteiger partial charge in [0, 0.05) is 5.69 Å². The lowest BCUT2D eigenvalue weighted by Crippen LogP contribution is -2.07. The number of benzene rings is 1. The minimum atomic E-state index is -1.27. The van der Waals surface area contributed by atoms with Gasteiger partial charge in [0.05, 0.1) is 12.5 Å². The Bertz CT molecular complexity index is 398. The number of amides is 1. The first kappa shape index (κ1) is 9.99. The molecule has 0 radical (unpaired) electrons. The fourth-order valence-electron chi connectivity index (χ4n) is 1.04. The Hall–Kier alpha value is -2.09. The third kappa shape index (κ3) is 2.75. The summed E-state index contributed by atoms with van der Waals surface area (Å²) in [5.74, 6) is -0.568. The van der Waals surface area contributed by atoms with Gasteiger partial charge in [-0.3, -0.25) is 5.32 Å². The summed E-state index contributed by atoms with van der Waals surface area (Å²) in [5, 5.41) is 18.8. The SMILES string of the molecule is N#CCc1cc(F)cc(NC(=O)O)c1. The normalized spacial score (nSPS) is 9.14. The van der Waals surface area contributed by atoms with E-state index in [-0.39, 0.29) is 12.1 Å². The summed E-state index contributed by atoms with van der Waals surface area (Å²) in [6.07, 6.45) is -1.22. The second kappa shape index (κ2) is 4.23. The van der Waals surface area contributed by atoms with Gasteiger partial charge in [-0.25, -0.2) is 9.18 Å². The molecule has 0 bridgehead atoms. The van der Waals surface area contributed by atoms with Crippen LogP contribution in [0.5, 0.6) is 0 Å². The zero-order valence-electron chi connectivity index (χ0n) is 7.12. The van der Waals surface area contributed by atoms with E-state index in [9.17, 15) is 9.18 Å². The van der Waals surface area contributed by atoms with Crippen LogP contribution in [-0.2, 0) is 6.42 Å². The topological polar surface area (TPSA) is 73.1 Å². The van der Waals surface area contributed by atoms with Crippen LogP contribution in [0, 0.1) is 17.1 Å². The van der Waals surface area contributed by atoms with Gasteiger partial charge >= 0.3 is 6.09 Å². The summed E-state index contributed by atoms with van der Waals surface area (Å²) in [4.78, 5) is 10.3. The van der Waals surface area contributed by atoms with Crippen molar-refractivity contribution in [1.82, 2.24) is 0 Å². The van der Waals surface area contributed by atoms with Gasteiger partial charge < -0.3 is 5.11 Å². The first-order valence-electron chi connectivity index (χ1n) is 3.78. The van der Waals surface area contributed by atoms with Crippen LogP contribution in [0.15, 0.2) is 18.2 Å². The summed E-state index contributed by atoms with van der Waals surface area (Å²) < 4.78 is 12.9. The van der Waals surface area contributed by atoms with Gasteiger partial charge in [-0.2, -0.15) is 5.26 Å². The van der Waals surface area contributed by atoms with E-state index in [1.807, 2.05) is 11.4 Å². The van der Waals surface area contributed by atoms with Crippen LogP contribution < -0.4 is 5.32 Å². The van der Waals surface area contributed by atoms with Crippen LogP contribution in [0.1, 0.15) is 5.56 Å². The van der Waals surface area contributed by atoms with Crippen LogP contribution >= 0.6 is 0 Å². The predicted octanol–water partition coefficient (Wildman–Crippen LogP) is 1.98. The van der Waals surface area contributed by atoms with Crippen molar-refractivity contribution >= 4 is 11.8 Å². The number of halogens is 1. The Morgan fingerprint density at radius 3 is 2.86 bits per heavy atom. The molecule has 0 heterocycles. The molecule has 0 fully saturated rings. The molecule has 14 heavy (non-hydrogen) atoms. The maximum atomic E-state index is 12.9. The molecule has 1 aromatic carbocycles. The van der Waals surface area contributed by atoms with Gasteiger partial charge in [-0.1, -0.05) is 0 Å². The molecule has 2 N–H and O–H groups in total. The second-order valence-corrected chi connectivity index (χ2v) is 2.61. The van der Waals surface area contributed by atoms with E-state index in [1.165, 1.54) is 12.1 Å². The van der Waals surface area contributed by atoms with Crippen molar-refractivity contribution in [3.63, 3.8) is 0 Å². The van der Waals surface area contributed by atoms with Gasteiger partial charge in [-0.15, -0.1) is 0 Å². The molecule has 0 aromatic heterocycles. The zero-order valence-corrected chi connectivity index (χ0v) is 7.12. The third-order valence-electron chi connectivity index (χ3n) is 1.49. The number of hydrogen-bond donors (Lipinski definition) is 2. The van der Waals surface area contributed by atoms with Crippen molar-refractivity contribution in [3.05, 3.63) is 29.6 Å². The molecule has 0 aliphatic rings. The van der Waals surface area contributed by atoms with E-state index in [0.29, 0.717) is 5.56 Å². The minimum absolute atomic E-state index is 0.0477. The molecule has 1 amide bonds. The molecule has 0 atom stereocenters. The molecule has 5 heteroatoms. The smallest absolute Gasteiger partial charge is 0.409 e. The van der Waals surface area contributed by atoms with E-state index in [1.54, 1.807) is 0 Å². The van der Waals surface area contributed by atoms with E-state index in [2.05, 4.69) is 0 Å². The lowest BCUT2D eigenvalue weighted by molar-refractivity contribution is 0.210. The molecular formula is C9H7FN2O2. The Balaban J connectivity index is 2.96. The number of anilines is 1. The summed E-state index contributed by atoms with van der Waals surface area (Å²) in [6.45, 7) is 0. The number of nitrogens with zero attached hydrogens (tertiary/aromatic N) is 1. The number of hydrogen-bond acceptors (Lipinski definition) is 2. The molecule has 0 saturated heterocycles. The largest absolute Gasteiger partial charge is 0.465 e. The van der Waals surface area contributed by atoms with Gasteiger partial charge in [0.1, 0.15) is 5.82 Å². The number of carboxylic acid groups (broad SMARTS) is 1. The van der Waals surface area contributed by atoms with Crippen molar-refractivity contribution in [2.24, 2.45) is 0 Å². The van der Waals surface area contributed by atoms with E-state index in [0.717, 1.165) is 6.07 Å². The lowest BCUT2D eigenvalue weighted by atomic mass is 10.1. The Kier molecular flexibility index (Phi) is 3.02. The molecule has 1 aromatic rings. The number of carbonyl (C=O) groups is 1. The predicted molar refractivity (Wildman–Crippen MR) is 47.4 cm³/mol. The highest BCUT2D eigenvalue weighted by molar-refractivity contribution is 5.82. The maximum Gasteiger partial charge on any atom is 0.409 e. The molecule has 0 aliphatic heterocycles. The molecule has 72 valence electrons. The van der Waals surface area contributed by atoms with Crippen LogP contribution in [0.25, 0.3) is 0 Å². The summed E-state index contributed by atoms with van der Waals surface area (Å²) in [7, 11) is 0.